The molecule has 1 atom stereocenters. The van der Waals surface area contributed by atoms with Gasteiger partial charge in [-0.2, -0.15) is 0 Å². The average Bonchev–Trinajstić information content (AvgIpc) is 2.43. The van der Waals surface area contributed by atoms with Gasteiger partial charge in [0.05, 0.1) is 6.42 Å². The molecule has 0 radical (unpaired) electrons. The molecule has 1 fully saturated rings. The van der Waals surface area contributed by atoms with Crippen LogP contribution in [0.1, 0.15) is 58.3 Å². The first kappa shape index (κ1) is 17.0. The van der Waals surface area contributed by atoms with Crippen LogP contribution in [-0.4, -0.2) is 30.1 Å². The van der Waals surface area contributed by atoms with Crippen LogP contribution in [-0.2, 0) is 9.59 Å². The predicted molar refractivity (Wildman–Crippen MR) is 78.2 cm³/mol. The van der Waals surface area contributed by atoms with Crippen molar-refractivity contribution in [3.05, 3.63) is 0 Å². The highest BCUT2D eigenvalue weighted by molar-refractivity contribution is 5.76. The van der Waals surface area contributed by atoms with E-state index in [4.69, 9.17) is 10.8 Å². The Balaban J connectivity index is 2.41. The highest BCUT2D eigenvalue weighted by atomic mass is 16.4. The SMILES string of the molecule is CC(CN)CCC(=O)NCC1(CC(=O)O)CCCCC1. The normalized spacial score (nSPS) is 19.3. The van der Waals surface area contributed by atoms with Crippen molar-refractivity contribution in [3.8, 4) is 0 Å². The Morgan fingerprint density at radius 2 is 1.95 bits per heavy atom. The Bertz CT molecular complexity index is 325. The van der Waals surface area contributed by atoms with Crippen LogP contribution in [0, 0.1) is 11.3 Å². The number of amides is 1. The van der Waals surface area contributed by atoms with Crippen molar-refractivity contribution in [2.24, 2.45) is 17.1 Å². The molecule has 1 amide bonds. The average molecular weight is 284 g/mol. The maximum Gasteiger partial charge on any atom is 0.303 e. The quantitative estimate of drug-likeness (QED) is 0.634. The molecule has 1 aliphatic rings. The zero-order valence-electron chi connectivity index (χ0n) is 12.5. The third-order valence-electron chi connectivity index (χ3n) is 4.37. The van der Waals surface area contributed by atoms with Crippen molar-refractivity contribution in [2.45, 2.75) is 58.3 Å². The van der Waals surface area contributed by atoms with Gasteiger partial charge in [-0.1, -0.05) is 26.2 Å². The minimum Gasteiger partial charge on any atom is -0.481 e. The summed E-state index contributed by atoms with van der Waals surface area (Å²) in [6.07, 6.45) is 6.52. The number of carboxylic acids is 1. The number of aliphatic carboxylic acids is 1. The number of hydrogen-bond donors (Lipinski definition) is 3. The van der Waals surface area contributed by atoms with E-state index >= 15 is 0 Å². The summed E-state index contributed by atoms with van der Waals surface area (Å²) < 4.78 is 0. The number of nitrogens with two attached hydrogens (primary N) is 1. The van der Waals surface area contributed by atoms with Gasteiger partial charge in [-0.25, -0.2) is 0 Å². The minimum absolute atomic E-state index is 0.0145. The Morgan fingerprint density at radius 3 is 2.50 bits per heavy atom. The largest absolute Gasteiger partial charge is 0.481 e. The number of carbonyl (C=O) groups excluding carboxylic acids is 1. The number of nitrogens with one attached hydrogen (secondary N) is 1. The van der Waals surface area contributed by atoms with Gasteiger partial charge in [-0.05, 0) is 37.1 Å². The maximum atomic E-state index is 11.8. The van der Waals surface area contributed by atoms with E-state index in [1.54, 1.807) is 0 Å². The Kier molecular flexibility index (Phi) is 6.99. The monoisotopic (exact) mass is 284 g/mol. The standard InChI is InChI=1S/C15H28N2O3/c1-12(10-16)5-6-13(18)17-11-15(9-14(19)20)7-3-2-4-8-15/h12H,2-11,16H2,1H3,(H,17,18)(H,19,20). The summed E-state index contributed by atoms with van der Waals surface area (Å²) in [5.41, 5.74) is 5.29. The molecule has 1 aliphatic carbocycles. The molecular weight excluding hydrogens is 256 g/mol. The van der Waals surface area contributed by atoms with Crippen molar-refractivity contribution in [3.63, 3.8) is 0 Å². The predicted octanol–water partition coefficient (Wildman–Crippen LogP) is 1.90. The van der Waals surface area contributed by atoms with Crippen molar-refractivity contribution in [2.75, 3.05) is 13.1 Å². The third-order valence-corrected chi connectivity index (χ3v) is 4.37. The summed E-state index contributed by atoms with van der Waals surface area (Å²) in [6.45, 7) is 3.12. The van der Waals surface area contributed by atoms with E-state index in [0.29, 0.717) is 25.4 Å². The van der Waals surface area contributed by atoms with Gasteiger partial charge in [0.2, 0.25) is 5.91 Å². The second kappa shape index (κ2) is 8.25. The molecule has 20 heavy (non-hydrogen) atoms. The first-order chi connectivity index (χ1) is 9.47. The fourth-order valence-electron chi connectivity index (χ4n) is 2.91. The van der Waals surface area contributed by atoms with Gasteiger partial charge in [-0.3, -0.25) is 9.59 Å². The summed E-state index contributed by atoms with van der Waals surface area (Å²) in [5, 5.41) is 12.0. The molecule has 5 nitrogen and oxygen atoms in total. The van der Waals surface area contributed by atoms with E-state index in [-0.39, 0.29) is 17.7 Å². The van der Waals surface area contributed by atoms with Crippen molar-refractivity contribution in [1.29, 1.82) is 0 Å². The lowest BCUT2D eigenvalue weighted by atomic mass is 9.71. The molecule has 4 N–H and O–H groups in total. The first-order valence-corrected chi connectivity index (χ1v) is 7.66. The molecule has 0 heterocycles. The molecule has 0 spiro atoms. The van der Waals surface area contributed by atoms with Crippen molar-refractivity contribution < 1.29 is 14.7 Å². The Morgan fingerprint density at radius 1 is 1.30 bits per heavy atom. The number of hydrogen-bond acceptors (Lipinski definition) is 3. The van der Waals surface area contributed by atoms with Gasteiger partial charge in [0.25, 0.3) is 0 Å². The number of carbonyl (C=O) groups is 2. The van der Waals surface area contributed by atoms with Crippen LogP contribution in [0.15, 0.2) is 0 Å². The van der Waals surface area contributed by atoms with Crippen LogP contribution in [0.2, 0.25) is 0 Å². The summed E-state index contributed by atoms with van der Waals surface area (Å²) in [6, 6.07) is 0. The summed E-state index contributed by atoms with van der Waals surface area (Å²) in [7, 11) is 0. The third kappa shape index (κ3) is 5.90. The highest BCUT2D eigenvalue weighted by Gasteiger charge is 2.34. The van der Waals surface area contributed by atoms with E-state index in [1.165, 1.54) is 6.42 Å². The topological polar surface area (TPSA) is 92.4 Å². The smallest absolute Gasteiger partial charge is 0.303 e. The summed E-state index contributed by atoms with van der Waals surface area (Å²) in [5.74, 6) is -0.401. The summed E-state index contributed by atoms with van der Waals surface area (Å²) >= 11 is 0. The van der Waals surface area contributed by atoms with Crippen LogP contribution in [0.5, 0.6) is 0 Å². The Labute approximate surface area is 121 Å². The molecule has 0 aromatic carbocycles. The zero-order valence-corrected chi connectivity index (χ0v) is 12.5. The van der Waals surface area contributed by atoms with E-state index in [1.807, 2.05) is 6.92 Å². The van der Waals surface area contributed by atoms with Gasteiger partial charge in [0, 0.05) is 13.0 Å². The van der Waals surface area contributed by atoms with Crippen LogP contribution >= 0.6 is 0 Å². The molecule has 0 aromatic rings. The minimum atomic E-state index is -0.766. The maximum absolute atomic E-state index is 11.8. The lowest BCUT2D eigenvalue weighted by molar-refractivity contribution is -0.140. The molecule has 1 saturated carbocycles. The molecule has 116 valence electrons. The molecule has 5 heteroatoms. The fourth-order valence-corrected chi connectivity index (χ4v) is 2.91. The summed E-state index contributed by atoms with van der Waals surface area (Å²) in [4.78, 5) is 22.9. The molecular formula is C15H28N2O3. The fraction of sp³-hybridized carbons (Fsp3) is 0.867. The van der Waals surface area contributed by atoms with Crippen LogP contribution in [0.4, 0.5) is 0 Å². The van der Waals surface area contributed by atoms with Gasteiger partial charge in [-0.15, -0.1) is 0 Å². The molecule has 0 aromatic heterocycles. The zero-order chi connectivity index (χ0) is 15.0. The molecule has 0 saturated heterocycles. The Hall–Kier alpha value is -1.10. The lowest BCUT2D eigenvalue weighted by Crippen LogP contribution is -2.40. The van der Waals surface area contributed by atoms with E-state index in [9.17, 15) is 9.59 Å². The van der Waals surface area contributed by atoms with Gasteiger partial charge >= 0.3 is 5.97 Å². The number of rotatable bonds is 8. The van der Waals surface area contributed by atoms with E-state index in [0.717, 1.165) is 32.1 Å². The molecule has 0 aliphatic heterocycles. The van der Waals surface area contributed by atoms with E-state index < -0.39 is 5.97 Å². The molecule has 1 unspecified atom stereocenters. The van der Waals surface area contributed by atoms with Crippen LogP contribution < -0.4 is 11.1 Å². The van der Waals surface area contributed by atoms with Gasteiger partial charge < -0.3 is 16.2 Å². The second-order valence-electron chi connectivity index (χ2n) is 6.29. The molecule has 0 bridgehead atoms. The highest BCUT2D eigenvalue weighted by Crippen LogP contribution is 2.38. The van der Waals surface area contributed by atoms with Crippen molar-refractivity contribution in [1.82, 2.24) is 5.32 Å². The van der Waals surface area contributed by atoms with Crippen LogP contribution in [0.3, 0.4) is 0 Å². The van der Waals surface area contributed by atoms with Gasteiger partial charge in [0.15, 0.2) is 0 Å². The number of carboxylic acid groups (broad SMARTS) is 1. The molecule has 1 rings (SSSR count). The lowest BCUT2D eigenvalue weighted by Gasteiger charge is -2.36. The van der Waals surface area contributed by atoms with Crippen LogP contribution in [0.25, 0.3) is 0 Å². The van der Waals surface area contributed by atoms with E-state index in [2.05, 4.69) is 5.32 Å². The second-order valence-corrected chi connectivity index (χ2v) is 6.29. The van der Waals surface area contributed by atoms with Crippen molar-refractivity contribution >= 4 is 11.9 Å². The van der Waals surface area contributed by atoms with Gasteiger partial charge in [0.1, 0.15) is 0 Å². The first-order valence-electron chi connectivity index (χ1n) is 7.66.